The van der Waals surface area contributed by atoms with Gasteiger partial charge in [0, 0.05) is 0 Å². The molecule has 0 aliphatic heterocycles. The second-order valence-electron chi connectivity index (χ2n) is 4.52. The third-order valence-electron chi connectivity index (χ3n) is 3.22. The van der Waals surface area contributed by atoms with Gasteiger partial charge in [0.05, 0.1) is 27.1 Å². The molecule has 0 fully saturated rings. The van der Waals surface area contributed by atoms with Crippen LogP contribution < -0.4 is 22.5 Å². The maximum absolute atomic E-state index is 13.8. The van der Waals surface area contributed by atoms with Gasteiger partial charge < -0.3 is 8.83 Å². The molecular weight excluding hydrogens is 335 g/mol. The minimum Gasteiger partial charge on any atom is -0.386 e. The van der Waals surface area contributed by atoms with Crippen molar-refractivity contribution in [1.82, 2.24) is 0 Å². The molecule has 0 unspecified atom stereocenters. The molecule has 3 rings (SSSR count). The molecule has 0 spiro atoms. The Kier molecular flexibility index (Phi) is 2.70. The molecule has 120 valence electrons. The van der Waals surface area contributed by atoms with Crippen LogP contribution >= 0.6 is 0 Å². The zero-order chi connectivity index (χ0) is 17.3. The van der Waals surface area contributed by atoms with E-state index in [-0.39, 0.29) is 0 Å². The number of hydrogen-bond acceptors (Lipinski definition) is 6. The van der Waals surface area contributed by atoms with Crippen LogP contribution in [0, 0.1) is 0 Å². The third kappa shape index (κ3) is 1.79. The smallest absolute Gasteiger partial charge is 0.386 e. The summed E-state index contributed by atoms with van der Waals surface area (Å²) in [7, 11) is 0. The number of halogens is 5. The summed E-state index contributed by atoms with van der Waals surface area (Å²) in [5.74, 6) is -5.70. The van der Waals surface area contributed by atoms with Gasteiger partial charge in [0.1, 0.15) is 0 Å². The molecule has 0 N–H and O–H groups in total. The fourth-order valence-corrected chi connectivity index (χ4v) is 2.27. The number of hydrogen-bond donors (Lipinski definition) is 0. The Morgan fingerprint density at radius 2 is 1.09 bits per heavy atom. The van der Waals surface area contributed by atoms with E-state index in [0.717, 1.165) is 0 Å². The van der Waals surface area contributed by atoms with Crippen molar-refractivity contribution in [3.8, 4) is 0 Å². The quantitative estimate of drug-likeness (QED) is 0.619. The molecule has 0 bridgehead atoms. The molecule has 23 heavy (non-hydrogen) atoms. The molecule has 3 aromatic rings. The summed E-state index contributed by atoms with van der Waals surface area (Å²) in [6.07, 6.45) is -6.20. The number of benzene rings is 1. The molecule has 0 saturated carbocycles. The third-order valence-corrected chi connectivity index (χ3v) is 3.22. The molecule has 6 nitrogen and oxygen atoms in total. The molecule has 11 heteroatoms. The molecule has 0 amide bonds. The predicted octanol–water partition coefficient (Wildman–Crippen LogP) is 1.15. The predicted molar refractivity (Wildman–Crippen MR) is 63.4 cm³/mol. The second-order valence-corrected chi connectivity index (χ2v) is 4.52. The van der Waals surface area contributed by atoms with E-state index < -0.39 is 61.7 Å². The number of fused-ring (bicyclic) bond motifs is 2. The molecule has 2 aromatic heterocycles. The van der Waals surface area contributed by atoms with Crippen molar-refractivity contribution >= 4 is 21.5 Å². The van der Waals surface area contributed by atoms with Gasteiger partial charge in [-0.1, -0.05) is 0 Å². The van der Waals surface area contributed by atoms with Crippen LogP contribution in [0.2, 0.25) is 0 Å². The highest BCUT2D eigenvalue weighted by molar-refractivity contribution is 6.01. The Morgan fingerprint density at radius 3 is 1.43 bits per heavy atom. The second kappa shape index (κ2) is 4.12. The highest BCUT2D eigenvalue weighted by Crippen LogP contribution is 2.47. The molecule has 0 radical (unpaired) electrons. The van der Waals surface area contributed by atoms with Crippen LogP contribution in [0.25, 0.3) is 21.5 Å². The van der Waals surface area contributed by atoms with Crippen molar-refractivity contribution in [3.05, 3.63) is 53.3 Å². The van der Waals surface area contributed by atoms with Gasteiger partial charge in [-0.05, 0) is 6.07 Å². The van der Waals surface area contributed by atoms with Gasteiger partial charge in [0.15, 0.2) is 0 Å². The van der Waals surface area contributed by atoms with E-state index in [1.54, 1.807) is 0 Å². The largest absolute Gasteiger partial charge is 0.458 e. The Bertz CT molecular complexity index is 1080. The number of furan rings is 2. The lowest BCUT2D eigenvalue weighted by molar-refractivity contribution is -0.288. The fourth-order valence-electron chi connectivity index (χ4n) is 2.27. The lowest BCUT2D eigenvalue weighted by atomic mass is 9.97. The van der Waals surface area contributed by atoms with Gasteiger partial charge >= 0.3 is 34.6 Å². The number of rotatable bonds is 1. The monoisotopic (exact) mass is 336 g/mol. The van der Waals surface area contributed by atoms with Crippen LogP contribution in [-0.2, 0) is 5.92 Å². The molecule has 0 aliphatic carbocycles. The van der Waals surface area contributed by atoms with Crippen molar-refractivity contribution in [3.63, 3.8) is 0 Å². The Balaban J connectivity index is 2.76. The Labute approximate surface area is 119 Å². The lowest BCUT2D eigenvalue weighted by Crippen LogP contribution is -2.35. The van der Waals surface area contributed by atoms with Gasteiger partial charge in [-0.2, -0.15) is 22.0 Å². The normalized spacial score (nSPS) is 13.3. The van der Waals surface area contributed by atoms with E-state index in [1.165, 1.54) is 0 Å². The van der Waals surface area contributed by atoms with Crippen molar-refractivity contribution in [1.29, 1.82) is 0 Å². The lowest BCUT2D eigenvalue weighted by Gasteiger charge is -2.20. The van der Waals surface area contributed by atoms with Crippen molar-refractivity contribution in [2.75, 3.05) is 0 Å². The van der Waals surface area contributed by atoms with E-state index >= 15 is 0 Å². The van der Waals surface area contributed by atoms with Crippen LogP contribution in [0.4, 0.5) is 22.0 Å². The summed E-state index contributed by atoms with van der Waals surface area (Å²) < 4.78 is 73.6. The van der Waals surface area contributed by atoms with Gasteiger partial charge in [0.25, 0.3) is 0 Å². The van der Waals surface area contributed by atoms with Crippen LogP contribution in [0.15, 0.2) is 34.1 Å². The minimum absolute atomic E-state index is 0.515. The molecule has 0 aliphatic rings. The summed E-state index contributed by atoms with van der Waals surface area (Å²) in [5.41, 5.74) is -8.71. The zero-order valence-electron chi connectivity index (χ0n) is 10.4. The van der Waals surface area contributed by atoms with E-state index in [0.29, 0.717) is 6.07 Å². The molecule has 0 saturated heterocycles. The first-order valence-corrected chi connectivity index (χ1v) is 5.66. The average molecular weight is 336 g/mol. The van der Waals surface area contributed by atoms with Crippen LogP contribution in [-0.4, -0.2) is 6.18 Å². The first-order chi connectivity index (χ1) is 10.5. The van der Waals surface area contributed by atoms with Gasteiger partial charge in [-0.15, -0.1) is 0 Å². The van der Waals surface area contributed by atoms with E-state index in [9.17, 15) is 41.1 Å². The first-order valence-electron chi connectivity index (χ1n) is 5.66. The van der Waals surface area contributed by atoms with Crippen LogP contribution in [0.1, 0.15) is 5.56 Å². The van der Waals surface area contributed by atoms with Gasteiger partial charge in [0.2, 0.25) is 0 Å². The van der Waals surface area contributed by atoms with Crippen molar-refractivity contribution in [2.24, 2.45) is 0 Å². The summed E-state index contributed by atoms with van der Waals surface area (Å²) in [4.78, 5) is 45.7. The topological polar surface area (TPSA) is 94.6 Å². The minimum atomic E-state index is -6.20. The van der Waals surface area contributed by atoms with E-state index in [4.69, 9.17) is 0 Å². The van der Waals surface area contributed by atoms with Gasteiger partial charge in [-0.25, -0.2) is 19.2 Å². The zero-order valence-corrected chi connectivity index (χ0v) is 10.4. The van der Waals surface area contributed by atoms with E-state index in [2.05, 4.69) is 8.83 Å². The summed E-state index contributed by atoms with van der Waals surface area (Å²) in [6.45, 7) is 0. The van der Waals surface area contributed by atoms with Crippen LogP contribution in [0.5, 0.6) is 0 Å². The highest BCUT2D eigenvalue weighted by Gasteiger charge is 2.61. The number of alkyl halides is 5. The summed E-state index contributed by atoms with van der Waals surface area (Å²) >= 11 is 0. The molecule has 1 aromatic carbocycles. The summed E-state index contributed by atoms with van der Waals surface area (Å²) in [6, 6.07) is 0.515. The molecule has 0 atom stereocenters. The first kappa shape index (κ1) is 15.1. The Morgan fingerprint density at radius 1 is 0.696 bits per heavy atom. The van der Waals surface area contributed by atoms with Gasteiger partial charge in [-0.3, -0.25) is 0 Å². The molecule has 2 heterocycles. The van der Waals surface area contributed by atoms with Crippen molar-refractivity contribution < 1.29 is 30.8 Å². The maximum atomic E-state index is 13.8. The standard InChI is InChI=1S/C12HF5O6/c13-11(14,12(15,16)17)6-4-2(7(18)22-9(4)20)1-3-5(6)10(21)23-8(3)19/h1H. The fraction of sp³-hybridized carbons (Fsp3) is 0.167. The Hall–Kier alpha value is -2.85. The highest BCUT2D eigenvalue weighted by atomic mass is 19.4. The van der Waals surface area contributed by atoms with Crippen LogP contribution in [0.3, 0.4) is 0 Å². The SMILES string of the molecule is O=c1oc(=O)c2c(C(F)(F)C(F)(F)F)c3c(=O)oc(=O)c3cc12. The average Bonchev–Trinajstić information content (AvgIpc) is 2.85. The van der Waals surface area contributed by atoms with E-state index in [1.807, 2.05) is 0 Å². The molecular formula is C12HF5O6. The maximum Gasteiger partial charge on any atom is 0.458 e. The summed E-state index contributed by atoms with van der Waals surface area (Å²) in [5, 5.41) is -4.77. The van der Waals surface area contributed by atoms with Crippen molar-refractivity contribution in [2.45, 2.75) is 12.1 Å².